The van der Waals surface area contributed by atoms with E-state index in [0.29, 0.717) is 36.7 Å². The highest BCUT2D eigenvalue weighted by Crippen LogP contribution is 2.38. The molecule has 0 fully saturated rings. The summed E-state index contributed by atoms with van der Waals surface area (Å²) in [5.41, 5.74) is 0. The van der Waals surface area contributed by atoms with E-state index in [4.69, 9.17) is 18.5 Å². The average molecular weight is 850 g/mol. The van der Waals surface area contributed by atoms with Gasteiger partial charge in [0.05, 0.1) is 33.9 Å². The number of aliphatic hydroxyl groups is 1. The van der Waals surface area contributed by atoms with E-state index in [9.17, 15) is 24.2 Å². The SMILES string of the molecule is CC/C=C\C/C=C\CC(O)/C=C/C=C\C/C=C\CCCC(=O)OC[C@H](COP(=O)([O-])OCC[N+](C)(C)C)OC(=O)CCCCCCCCC/C=C\CCCCCCCC. The lowest BCUT2D eigenvalue weighted by Gasteiger charge is -2.28. The lowest BCUT2D eigenvalue weighted by molar-refractivity contribution is -0.870. The highest BCUT2D eigenvalue weighted by molar-refractivity contribution is 7.45. The molecule has 1 N–H and O–H groups in total. The van der Waals surface area contributed by atoms with Gasteiger partial charge in [0.1, 0.15) is 19.8 Å². The number of likely N-dealkylation sites (N-methyl/N-ethyl adjacent to an activating group) is 1. The molecule has 0 aromatic heterocycles. The van der Waals surface area contributed by atoms with Crippen molar-refractivity contribution < 1.29 is 47.2 Å². The number of rotatable bonds is 40. The Hall–Kier alpha value is -2.59. The zero-order valence-corrected chi connectivity index (χ0v) is 38.7. The molecule has 2 unspecified atom stereocenters. The second-order valence-corrected chi connectivity index (χ2v) is 17.6. The Morgan fingerprint density at radius 1 is 0.644 bits per heavy atom. The van der Waals surface area contributed by atoms with Crippen molar-refractivity contribution in [2.75, 3.05) is 47.5 Å². The number of hydrogen-bond donors (Lipinski definition) is 1. The van der Waals surface area contributed by atoms with Crippen LogP contribution < -0.4 is 4.89 Å². The van der Waals surface area contributed by atoms with Crippen LogP contribution in [0.4, 0.5) is 0 Å². The second-order valence-electron chi connectivity index (χ2n) is 16.2. The molecule has 0 rings (SSSR count). The monoisotopic (exact) mass is 850 g/mol. The molecule has 11 heteroatoms. The Labute approximate surface area is 360 Å². The summed E-state index contributed by atoms with van der Waals surface area (Å²) in [4.78, 5) is 37.6. The van der Waals surface area contributed by atoms with E-state index in [1.54, 1.807) is 6.08 Å². The second kappa shape index (κ2) is 39.5. The predicted octanol–water partition coefficient (Wildman–Crippen LogP) is 11.4. The number of nitrogens with zero attached hydrogens (tertiary/aromatic N) is 1. The van der Waals surface area contributed by atoms with Crippen molar-refractivity contribution in [1.82, 2.24) is 0 Å². The topological polar surface area (TPSA) is 131 Å². The first kappa shape index (κ1) is 56.4. The first-order chi connectivity index (χ1) is 28.4. The van der Waals surface area contributed by atoms with Gasteiger partial charge < -0.3 is 33.0 Å². The van der Waals surface area contributed by atoms with Gasteiger partial charge in [-0.25, -0.2) is 0 Å². The number of quaternary nitrogens is 1. The molecule has 0 aliphatic heterocycles. The van der Waals surface area contributed by atoms with Gasteiger partial charge in [-0.15, -0.1) is 0 Å². The van der Waals surface area contributed by atoms with Crippen molar-refractivity contribution in [2.45, 2.75) is 174 Å². The standard InChI is InChI=1S/C48H84NO9P/c1-6-8-10-12-14-15-16-17-18-19-20-21-22-23-28-32-36-40-48(52)58-46(44-57-59(53,54)56-42-41-49(3,4)5)43-55-47(51)39-35-31-27-25-24-26-30-34-38-45(50)37-33-29-13-11-9-7-2/h9,11,17-18,25-27,29-30,33-34,38,45-46,50H,6-8,10,12-16,19-24,28,31-32,35-37,39-44H2,1-5H3/b11-9-,18-17-,27-25-,30-26-,33-29-,38-34+/t45?,46-/m1/s1. The third-order valence-electron chi connectivity index (χ3n) is 9.29. The summed E-state index contributed by atoms with van der Waals surface area (Å²) in [7, 11) is 1.09. The van der Waals surface area contributed by atoms with Crippen LogP contribution in [0.5, 0.6) is 0 Å². The van der Waals surface area contributed by atoms with Crippen molar-refractivity contribution in [2.24, 2.45) is 0 Å². The first-order valence-electron chi connectivity index (χ1n) is 22.8. The lowest BCUT2D eigenvalue weighted by atomic mass is 10.1. The van der Waals surface area contributed by atoms with E-state index in [-0.39, 0.29) is 26.1 Å². The minimum absolute atomic E-state index is 0.0538. The molecule has 0 saturated heterocycles. The number of carbonyl (C=O) groups excluding carboxylic acids is 2. The molecule has 59 heavy (non-hydrogen) atoms. The molecule has 0 saturated carbocycles. The molecular weight excluding hydrogens is 765 g/mol. The first-order valence-corrected chi connectivity index (χ1v) is 24.2. The van der Waals surface area contributed by atoms with Crippen LogP contribution in [-0.4, -0.2) is 81.2 Å². The van der Waals surface area contributed by atoms with Crippen LogP contribution in [0.15, 0.2) is 72.9 Å². The number of esters is 2. The number of aliphatic hydroxyl groups excluding tert-OH is 1. The molecule has 0 spiro atoms. The van der Waals surface area contributed by atoms with Gasteiger partial charge in [-0.05, 0) is 70.6 Å². The Morgan fingerprint density at radius 2 is 1.20 bits per heavy atom. The fourth-order valence-electron chi connectivity index (χ4n) is 5.71. The smallest absolute Gasteiger partial charge is 0.306 e. The van der Waals surface area contributed by atoms with Gasteiger partial charge in [0.25, 0.3) is 7.82 Å². The van der Waals surface area contributed by atoms with E-state index in [2.05, 4.69) is 44.2 Å². The Morgan fingerprint density at radius 3 is 1.86 bits per heavy atom. The van der Waals surface area contributed by atoms with Crippen LogP contribution in [0, 0.1) is 0 Å². The number of phosphoric ester groups is 1. The van der Waals surface area contributed by atoms with E-state index >= 15 is 0 Å². The molecular formula is C48H84NO9P. The van der Waals surface area contributed by atoms with E-state index in [1.807, 2.05) is 57.6 Å². The minimum atomic E-state index is -4.66. The van der Waals surface area contributed by atoms with E-state index in [0.717, 1.165) is 44.9 Å². The van der Waals surface area contributed by atoms with Crippen molar-refractivity contribution >= 4 is 19.8 Å². The van der Waals surface area contributed by atoms with Gasteiger partial charge >= 0.3 is 11.9 Å². The van der Waals surface area contributed by atoms with Gasteiger partial charge in [0, 0.05) is 12.8 Å². The van der Waals surface area contributed by atoms with Gasteiger partial charge in [0.2, 0.25) is 0 Å². The van der Waals surface area contributed by atoms with Gasteiger partial charge in [-0.1, -0.05) is 151 Å². The number of phosphoric acid groups is 1. The molecule has 10 nitrogen and oxygen atoms in total. The van der Waals surface area contributed by atoms with E-state index in [1.165, 1.54) is 64.2 Å². The Balaban J connectivity index is 4.51. The molecule has 0 heterocycles. The molecule has 0 bridgehead atoms. The third kappa shape index (κ3) is 43.3. The number of carbonyl (C=O) groups is 2. The fourth-order valence-corrected chi connectivity index (χ4v) is 6.44. The van der Waals surface area contributed by atoms with Crippen LogP contribution in [0.1, 0.15) is 162 Å². The van der Waals surface area contributed by atoms with Gasteiger partial charge in [0.15, 0.2) is 6.10 Å². The van der Waals surface area contributed by atoms with Crippen LogP contribution in [-0.2, 0) is 32.7 Å². The van der Waals surface area contributed by atoms with Crippen LogP contribution in [0.3, 0.4) is 0 Å². The maximum Gasteiger partial charge on any atom is 0.306 e. The number of ether oxygens (including phenoxy) is 2. The zero-order valence-electron chi connectivity index (χ0n) is 37.8. The largest absolute Gasteiger partial charge is 0.756 e. The van der Waals surface area contributed by atoms with E-state index < -0.39 is 38.6 Å². The normalized spacial score (nSPS) is 14.8. The zero-order chi connectivity index (χ0) is 43.7. The molecule has 340 valence electrons. The maximum atomic E-state index is 12.7. The Bertz CT molecular complexity index is 1250. The summed E-state index contributed by atoms with van der Waals surface area (Å²) in [6.07, 6.45) is 45.3. The summed E-state index contributed by atoms with van der Waals surface area (Å²) in [5.74, 6) is -0.952. The van der Waals surface area contributed by atoms with Crippen molar-refractivity contribution in [3.8, 4) is 0 Å². The number of hydrogen-bond acceptors (Lipinski definition) is 9. The molecule has 0 aromatic rings. The molecule has 0 radical (unpaired) electrons. The summed E-state index contributed by atoms with van der Waals surface area (Å²) in [6.45, 7) is 3.93. The Kier molecular flexibility index (Phi) is 37.8. The lowest BCUT2D eigenvalue weighted by Crippen LogP contribution is -2.37. The minimum Gasteiger partial charge on any atom is -0.756 e. The summed E-state index contributed by atoms with van der Waals surface area (Å²) in [5, 5.41) is 10.0. The molecule has 0 amide bonds. The molecule has 0 aromatic carbocycles. The molecule has 0 aliphatic rings. The van der Waals surface area contributed by atoms with Crippen molar-refractivity contribution in [3.63, 3.8) is 0 Å². The maximum absolute atomic E-state index is 12.7. The number of allylic oxidation sites excluding steroid dienone is 10. The van der Waals surface area contributed by atoms with Crippen LogP contribution >= 0.6 is 7.82 Å². The van der Waals surface area contributed by atoms with Crippen molar-refractivity contribution in [1.29, 1.82) is 0 Å². The third-order valence-corrected chi connectivity index (χ3v) is 10.3. The summed E-state index contributed by atoms with van der Waals surface area (Å²) in [6, 6.07) is 0. The van der Waals surface area contributed by atoms with Gasteiger partial charge in [-0.2, -0.15) is 0 Å². The van der Waals surface area contributed by atoms with Crippen LogP contribution in [0.25, 0.3) is 0 Å². The molecule has 0 aliphatic carbocycles. The highest BCUT2D eigenvalue weighted by atomic mass is 31.2. The summed E-state index contributed by atoms with van der Waals surface area (Å²) < 4.78 is 33.8. The highest BCUT2D eigenvalue weighted by Gasteiger charge is 2.21. The summed E-state index contributed by atoms with van der Waals surface area (Å²) >= 11 is 0. The van der Waals surface area contributed by atoms with Gasteiger partial charge in [-0.3, -0.25) is 14.2 Å². The number of unbranched alkanes of at least 4 members (excludes halogenated alkanes) is 14. The average Bonchev–Trinajstić information content (AvgIpc) is 3.18. The predicted molar refractivity (Wildman–Crippen MR) is 242 cm³/mol. The van der Waals surface area contributed by atoms with Crippen LogP contribution in [0.2, 0.25) is 0 Å². The fraction of sp³-hybridized carbons (Fsp3) is 0.708. The quantitative estimate of drug-likeness (QED) is 0.0160. The van der Waals surface area contributed by atoms with Crippen molar-refractivity contribution in [3.05, 3.63) is 72.9 Å². The molecule has 3 atom stereocenters.